The second-order valence-corrected chi connectivity index (χ2v) is 6.39. The van der Waals surface area contributed by atoms with E-state index in [9.17, 15) is 19.7 Å². The van der Waals surface area contributed by atoms with Crippen LogP contribution in [-0.4, -0.2) is 55.8 Å². The number of ether oxygens (including phenoxy) is 2. The fourth-order valence-corrected chi connectivity index (χ4v) is 2.90. The number of rotatable bonds is 8. The zero-order chi connectivity index (χ0) is 19.8. The van der Waals surface area contributed by atoms with Crippen molar-refractivity contribution in [2.75, 3.05) is 37.8 Å². The van der Waals surface area contributed by atoms with Crippen molar-refractivity contribution in [1.29, 1.82) is 0 Å². The first-order chi connectivity index (χ1) is 12.9. The van der Waals surface area contributed by atoms with Gasteiger partial charge in [0.2, 0.25) is 0 Å². The number of nitrogens with zero attached hydrogens (tertiary/aromatic N) is 2. The van der Waals surface area contributed by atoms with E-state index in [1.54, 1.807) is 0 Å². The number of esters is 1. The number of carbonyl (C=O) groups excluding carboxylic acids is 2. The Balaban J connectivity index is 2.02. The van der Waals surface area contributed by atoms with Gasteiger partial charge in [-0.2, -0.15) is 0 Å². The van der Waals surface area contributed by atoms with Crippen LogP contribution in [-0.2, 0) is 14.3 Å². The molecule has 1 heterocycles. The van der Waals surface area contributed by atoms with Crippen LogP contribution >= 0.6 is 0 Å². The van der Waals surface area contributed by atoms with E-state index in [1.165, 1.54) is 18.2 Å². The minimum Gasteiger partial charge on any atom is -0.452 e. The van der Waals surface area contributed by atoms with Gasteiger partial charge in [0.15, 0.2) is 6.61 Å². The highest BCUT2D eigenvalue weighted by atomic mass is 16.6. The molecule has 0 radical (unpaired) electrons. The van der Waals surface area contributed by atoms with Crippen molar-refractivity contribution in [1.82, 2.24) is 5.32 Å². The molecule has 0 saturated carbocycles. The van der Waals surface area contributed by atoms with Gasteiger partial charge in [0, 0.05) is 25.2 Å². The third-order valence-corrected chi connectivity index (χ3v) is 4.22. The number of hydrogen-bond acceptors (Lipinski definition) is 7. The van der Waals surface area contributed by atoms with E-state index in [0.29, 0.717) is 32.0 Å². The molecule has 1 atom stereocenters. The molecule has 1 saturated heterocycles. The molecule has 9 heteroatoms. The molecule has 2 rings (SSSR count). The number of hydrogen-bond donors (Lipinski definition) is 1. The summed E-state index contributed by atoms with van der Waals surface area (Å²) in [4.78, 5) is 36.7. The van der Waals surface area contributed by atoms with Gasteiger partial charge in [-0.05, 0) is 25.5 Å². The van der Waals surface area contributed by atoms with Crippen LogP contribution in [0.1, 0.15) is 37.0 Å². The quantitative estimate of drug-likeness (QED) is 0.417. The zero-order valence-corrected chi connectivity index (χ0v) is 15.6. The van der Waals surface area contributed by atoms with Crippen LogP contribution in [0.25, 0.3) is 0 Å². The first-order valence-electron chi connectivity index (χ1n) is 9.00. The van der Waals surface area contributed by atoms with E-state index in [-0.39, 0.29) is 17.3 Å². The fraction of sp³-hybridized carbons (Fsp3) is 0.556. The Morgan fingerprint density at radius 1 is 1.37 bits per heavy atom. The summed E-state index contributed by atoms with van der Waals surface area (Å²) in [6.45, 7) is 5.53. The van der Waals surface area contributed by atoms with E-state index in [1.807, 2.05) is 18.7 Å². The fourth-order valence-electron chi connectivity index (χ4n) is 2.90. The third-order valence-electron chi connectivity index (χ3n) is 4.22. The molecule has 148 valence electrons. The minimum atomic E-state index is -0.773. The Labute approximate surface area is 157 Å². The monoisotopic (exact) mass is 379 g/mol. The highest BCUT2D eigenvalue weighted by Gasteiger charge is 2.24. The van der Waals surface area contributed by atoms with Crippen LogP contribution in [0.5, 0.6) is 0 Å². The van der Waals surface area contributed by atoms with Crippen LogP contribution in [0.4, 0.5) is 11.4 Å². The Bertz CT molecular complexity index is 688. The molecular formula is C18H25N3O6. The number of amides is 1. The number of nitro benzene ring substituents is 1. The normalized spacial score (nSPS) is 15.1. The first kappa shape index (κ1) is 20.6. The Morgan fingerprint density at radius 3 is 2.70 bits per heavy atom. The van der Waals surface area contributed by atoms with E-state index >= 15 is 0 Å². The maximum absolute atomic E-state index is 12.2. The lowest BCUT2D eigenvalue weighted by Crippen LogP contribution is -2.36. The molecule has 1 aliphatic heterocycles. The van der Waals surface area contributed by atoms with Crippen molar-refractivity contribution in [3.8, 4) is 0 Å². The molecule has 1 unspecified atom stereocenters. The van der Waals surface area contributed by atoms with Gasteiger partial charge in [-0.1, -0.05) is 13.3 Å². The predicted octanol–water partition coefficient (Wildman–Crippen LogP) is 1.89. The van der Waals surface area contributed by atoms with Crippen molar-refractivity contribution in [2.45, 2.75) is 32.7 Å². The van der Waals surface area contributed by atoms with Crippen LogP contribution < -0.4 is 10.2 Å². The number of morpholine rings is 1. The maximum Gasteiger partial charge on any atom is 0.338 e. The third kappa shape index (κ3) is 5.92. The SMILES string of the molecule is CCCC(C)NC(=O)COC(=O)c1ccc(N2CCOCC2)c([N+](=O)[O-])c1. The van der Waals surface area contributed by atoms with Crippen molar-refractivity contribution >= 4 is 23.3 Å². The van der Waals surface area contributed by atoms with E-state index < -0.39 is 23.4 Å². The van der Waals surface area contributed by atoms with E-state index in [2.05, 4.69) is 5.32 Å². The average molecular weight is 379 g/mol. The van der Waals surface area contributed by atoms with E-state index in [4.69, 9.17) is 9.47 Å². The van der Waals surface area contributed by atoms with Gasteiger partial charge < -0.3 is 19.7 Å². The summed E-state index contributed by atoms with van der Waals surface area (Å²) in [6.07, 6.45) is 1.76. The molecule has 1 fully saturated rings. The molecule has 0 spiro atoms. The summed E-state index contributed by atoms with van der Waals surface area (Å²) in [5.74, 6) is -1.17. The Kier molecular flexibility index (Phi) is 7.54. The van der Waals surface area contributed by atoms with Gasteiger partial charge in [0.25, 0.3) is 11.6 Å². The number of carbonyl (C=O) groups is 2. The van der Waals surface area contributed by atoms with Crippen molar-refractivity contribution in [2.24, 2.45) is 0 Å². The summed E-state index contributed by atoms with van der Waals surface area (Å²) in [5, 5.41) is 14.1. The molecule has 0 aromatic heterocycles. The van der Waals surface area contributed by atoms with E-state index in [0.717, 1.165) is 12.8 Å². The van der Waals surface area contributed by atoms with Gasteiger partial charge in [0.1, 0.15) is 5.69 Å². The molecular weight excluding hydrogens is 354 g/mol. The average Bonchev–Trinajstić information content (AvgIpc) is 2.66. The van der Waals surface area contributed by atoms with Gasteiger partial charge in [-0.3, -0.25) is 14.9 Å². The molecule has 1 aliphatic rings. The standard InChI is InChI=1S/C18H25N3O6/c1-3-4-13(2)19-17(22)12-27-18(23)14-5-6-15(16(11-14)21(24)25)20-7-9-26-10-8-20/h5-6,11,13H,3-4,7-10,12H2,1-2H3,(H,19,22). The van der Waals surface area contributed by atoms with Crippen LogP contribution in [0.15, 0.2) is 18.2 Å². The topological polar surface area (TPSA) is 111 Å². The predicted molar refractivity (Wildman–Crippen MR) is 98.9 cm³/mol. The number of nitrogens with one attached hydrogen (secondary N) is 1. The molecule has 27 heavy (non-hydrogen) atoms. The van der Waals surface area contributed by atoms with Gasteiger partial charge in [-0.15, -0.1) is 0 Å². The summed E-state index contributed by atoms with van der Waals surface area (Å²) in [5.41, 5.74) is 0.298. The summed E-state index contributed by atoms with van der Waals surface area (Å²) in [6, 6.07) is 4.18. The molecule has 1 aromatic rings. The van der Waals surface area contributed by atoms with Crippen LogP contribution in [0.3, 0.4) is 0 Å². The molecule has 1 amide bonds. The lowest BCUT2D eigenvalue weighted by Gasteiger charge is -2.28. The lowest BCUT2D eigenvalue weighted by molar-refractivity contribution is -0.384. The molecule has 1 N–H and O–H groups in total. The number of nitro groups is 1. The highest BCUT2D eigenvalue weighted by Crippen LogP contribution is 2.30. The summed E-state index contributed by atoms with van der Waals surface area (Å²) >= 11 is 0. The van der Waals surface area contributed by atoms with Crippen molar-refractivity contribution in [3.05, 3.63) is 33.9 Å². The molecule has 0 aliphatic carbocycles. The van der Waals surface area contributed by atoms with Crippen molar-refractivity contribution in [3.63, 3.8) is 0 Å². The van der Waals surface area contributed by atoms with Gasteiger partial charge in [0.05, 0.1) is 23.7 Å². The van der Waals surface area contributed by atoms with Gasteiger partial charge in [-0.25, -0.2) is 4.79 Å². The maximum atomic E-state index is 12.2. The second kappa shape index (κ2) is 9.86. The number of anilines is 1. The first-order valence-corrected chi connectivity index (χ1v) is 9.00. The van der Waals surface area contributed by atoms with Crippen molar-refractivity contribution < 1.29 is 24.0 Å². The highest BCUT2D eigenvalue weighted by molar-refractivity contribution is 5.93. The zero-order valence-electron chi connectivity index (χ0n) is 15.6. The van der Waals surface area contributed by atoms with Crippen LogP contribution in [0, 0.1) is 10.1 Å². The Hall–Kier alpha value is -2.68. The molecule has 1 aromatic carbocycles. The summed E-state index contributed by atoms with van der Waals surface area (Å²) < 4.78 is 10.2. The van der Waals surface area contributed by atoms with Gasteiger partial charge >= 0.3 is 5.97 Å². The lowest BCUT2D eigenvalue weighted by atomic mass is 10.1. The second-order valence-electron chi connectivity index (χ2n) is 6.39. The molecule has 9 nitrogen and oxygen atoms in total. The number of benzene rings is 1. The smallest absolute Gasteiger partial charge is 0.338 e. The van der Waals surface area contributed by atoms with Crippen LogP contribution in [0.2, 0.25) is 0 Å². The summed E-state index contributed by atoms with van der Waals surface area (Å²) in [7, 11) is 0. The minimum absolute atomic E-state index is 0.00454. The largest absolute Gasteiger partial charge is 0.452 e. The Morgan fingerprint density at radius 2 is 2.07 bits per heavy atom. The molecule has 0 bridgehead atoms.